The monoisotopic (exact) mass is 263 g/mol. The quantitative estimate of drug-likeness (QED) is 0.843. The summed E-state index contributed by atoms with van der Waals surface area (Å²) in [4.78, 5) is 0. The van der Waals surface area contributed by atoms with E-state index in [1.165, 1.54) is 31.4 Å². The van der Waals surface area contributed by atoms with E-state index < -0.39 is 0 Å². The predicted molar refractivity (Wildman–Crippen MR) is 80.1 cm³/mol. The molecule has 0 bridgehead atoms. The van der Waals surface area contributed by atoms with E-state index in [0.717, 1.165) is 25.3 Å². The molecule has 1 aliphatic rings. The molecule has 2 atom stereocenters. The zero-order chi connectivity index (χ0) is 13.7. The summed E-state index contributed by atoms with van der Waals surface area (Å²) < 4.78 is 2.14. The number of rotatable bonds is 6. The summed E-state index contributed by atoms with van der Waals surface area (Å²) in [6, 6.07) is 3.42. The van der Waals surface area contributed by atoms with Crippen LogP contribution >= 0.6 is 0 Å². The van der Waals surface area contributed by atoms with Crippen molar-refractivity contribution in [3.8, 4) is 0 Å². The molecule has 0 aliphatic heterocycles. The molecule has 1 heterocycles. The summed E-state index contributed by atoms with van der Waals surface area (Å²) in [7, 11) is 0. The average molecular weight is 263 g/mol. The van der Waals surface area contributed by atoms with E-state index in [-0.39, 0.29) is 0 Å². The van der Waals surface area contributed by atoms with Crippen molar-refractivity contribution in [3.63, 3.8) is 0 Å². The molecule has 0 spiro atoms. The number of nitrogens with zero attached hydrogens (tertiary/aromatic N) is 2. The van der Waals surface area contributed by atoms with Crippen molar-refractivity contribution in [2.75, 3.05) is 0 Å². The molecule has 0 radical (unpaired) electrons. The Kier molecular flexibility index (Phi) is 5.44. The van der Waals surface area contributed by atoms with Gasteiger partial charge >= 0.3 is 0 Å². The number of hydrogen-bond acceptors (Lipinski definition) is 2. The summed E-state index contributed by atoms with van der Waals surface area (Å²) in [6.07, 6.45) is 9.89. The van der Waals surface area contributed by atoms with Gasteiger partial charge in [0.15, 0.2) is 0 Å². The van der Waals surface area contributed by atoms with Crippen LogP contribution in [-0.2, 0) is 6.54 Å². The first-order chi connectivity index (χ1) is 9.22. The average Bonchev–Trinajstić information content (AvgIpc) is 2.87. The standard InChI is InChI=1S/C16H29N3/c1-4-16(5-2)19-10-9-15(18-19)12-17-14-8-6-7-13(3)11-14/h9-10,13-14,16-17H,4-8,11-12H2,1-3H3. The van der Waals surface area contributed by atoms with Crippen LogP contribution in [0.25, 0.3) is 0 Å². The molecule has 0 aromatic carbocycles. The van der Waals surface area contributed by atoms with Crippen LogP contribution in [0.5, 0.6) is 0 Å². The minimum Gasteiger partial charge on any atom is -0.308 e. The van der Waals surface area contributed by atoms with Gasteiger partial charge in [0.05, 0.1) is 11.7 Å². The Balaban J connectivity index is 1.83. The van der Waals surface area contributed by atoms with Gasteiger partial charge in [-0.1, -0.05) is 33.6 Å². The van der Waals surface area contributed by atoms with Crippen LogP contribution in [0.3, 0.4) is 0 Å². The zero-order valence-corrected chi connectivity index (χ0v) is 12.7. The molecule has 3 nitrogen and oxygen atoms in total. The number of aromatic nitrogens is 2. The van der Waals surface area contributed by atoms with Crippen LogP contribution in [0.1, 0.15) is 71.0 Å². The fourth-order valence-corrected chi connectivity index (χ4v) is 3.21. The molecule has 1 aromatic heterocycles. The van der Waals surface area contributed by atoms with Crippen LogP contribution in [0.15, 0.2) is 12.3 Å². The minimum atomic E-state index is 0.559. The lowest BCUT2D eigenvalue weighted by atomic mass is 9.87. The van der Waals surface area contributed by atoms with E-state index in [4.69, 9.17) is 5.10 Å². The van der Waals surface area contributed by atoms with Gasteiger partial charge in [0, 0.05) is 18.8 Å². The first-order valence-corrected chi connectivity index (χ1v) is 8.00. The van der Waals surface area contributed by atoms with E-state index in [1.54, 1.807) is 0 Å². The highest BCUT2D eigenvalue weighted by Gasteiger charge is 2.18. The van der Waals surface area contributed by atoms with Crippen LogP contribution in [0.2, 0.25) is 0 Å². The highest BCUT2D eigenvalue weighted by Crippen LogP contribution is 2.23. The first-order valence-electron chi connectivity index (χ1n) is 8.00. The van der Waals surface area contributed by atoms with Crippen molar-refractivity contribution in [3.05, 3.63) is 18.0 Å². The Bertz CT molecular complexity index is 368. The van der Waals surface area contributed by atoms with E-state index in [0.29, 0.717) is 12.1 Å². The smallest absolute Gasteiger partial charge is 0.0762 e. The second kappa shape index (κ2) is 7.09. The lowest BCUT2D eigenvalue weighted by Crippen LogP contribution is -2.33. The SMILES string of the molecule is CCC(CC)n1ccc(CNC2CCCC(C)C2)n1. The fourth-order valence-electron chi connectivity index (χ4n) is 3.21. The van der Waals surface area contributed by atoms with Gasteiger partial charge in [-0.05, 0) is 37.7 Å². The summed E-state index contributed by atoms with van der Waals surface area (Å²) >= 11 is 0. The second-order valence-corrected chi connectivity index (χ2v) is 6.11. The maximum absolute atomic E-state index is 4.71. The normalized spacial score (nSPS) is 24.0. The Labute approximate surface area is 117 Å². The van der Waals surface area contributed by atoms with Gasteiger partial charge in [-0.25, -0.2) is 0 Å². The van der Waals surface area contributed by atoms with E-state index in [2.05, 4.69) is 43.0 Å². The van der Waals surface area contributed by atoms with Crippen molar-refractivity contribution >= 4 is 0 Å². The molecule has 0 amide bonds. The largest absolute Gasteiger partial charge is 0.308 e. The van der Waals surface area contributed by atoms with Gasteiger partial charge in [-0.15, -0.1) is 0 Å². The van der Waals surface area contributed by atoms with E-state index >= 15 is 0 Å². The lowest BCUT2D eigenvalue weighted by Gasteiger charge is -2.27. The molecule has 3 heteroatoms. The number of hydrogen-bond donors (Lipinski definition) is 1. The van der Waals surface area contributed by atoms with Crippen LogP contribution < -0.4 is 5.32 Å². The Morgan fingerprint density at radius 2 is 2.16 bits per heavy atom. The summed E-state index contributed by atoms with van der Waals surface area (Å²) in [5, 5.41) is 8.39. The van der Waals surface area contributed by atoms with Crippen molar-refractivity contribution in [2.24, 2.45) is 5.92 Å². The molecule has 0 saturated heterocycles. The van der Waals surface area contributed by atoms with Gasteiger partial charge in [-0.3, -0.25) is 4.68 Å². The third kappa shape index (κ3) is 4.07. The Morgan fingerprint density at radius 3 is 2.84 bits per heavy atom. The third-order valence-electron chi connectivity index (χ3n) is 4.49. The second-order valence-electron chi connectivity index (χ2n) is 6.11. The molecular weight excluding hydrogens is 234 g/mol. The van der Waals surface area contributed by atoms with Gasteiger partial charge in [0.2, 0.25) is 0 Å². The van der Waals surface area contributed by atoms with Gasteiger partial charge in [0.1, 0.15) is 0 Å². The van der Waals surface area contributed by atoms with Crippen molar-refractivity contribution in [2.45, 2.75) is 77.9 Å². The lowest BCUT2D eigenvalue weighted by molar-refractivity contribution is 0.299. The highest BCUT2D eigenvalue weighted by molar-refractivity contribution is 5.00. The van der Waals surface area contributed by atoms with Crippen molar-refractivity contribution < 1.29 is 0 Å². The predicted octanol–water partition coefficient (Wildman–Crippen LogP) is 3.91. The van der Waals surface area contributed by atoms with Gasteiger partial charge in [-0.2, -0.15) is 5.10 Å². The van der Waals surface area contributed by atoms with Gasteiger partial charge in [0.25, 0.3) is 0 Å². The maximum atomic E-state index is 4.71. The summed E-state index contributed by atoms with van der Waals surface area (Å²) in [5.74, 6) is 0.883. The van der Waals surface area contributed by atoms with Crippen molar-refractivity contribution in [1.82, 2.24) is 15.1 Å². The topological polar surface area (TPSA) is 29.9 Å². The fraction of sp³-hybridized carbons (Fsp3) is 0.812. The van der Waals surface area contributed by atoms with E-state index in [9.17, 15) is 0 Å². The van der Waals surface area contributed by atoms with Crippen molar-refractivity contribution in [1.29, 1.82) is 0 Å². The molecular formula is C16H29N3. The molecule has 1 aliphatic carbocycles. The summed E-state index contributed by atoms with van der Waals surface area (Å²) in [5.41, 5.74) is 1.19. The Morgan fingerprint density at radius 1 is 1.37 bits per heavy atom. The van der Waals surface area contributed by atoms with Crippen LogP contribution in [0, 0.1) is 5.92 Å². The molecule has 2 unspecified atom stereocenters. The molecule has 1 aromatic rings. The molecule has 2 rings (SSSR count). The number of nitrogens with one attached hydrogen (secondary N) is 1. The summed E-state index contributed by atoms with van der Waals surface area (Å²) in [6.45, 7) is 7.76. The molecule has 1 N–H and O–H groups in total. The zero-order valence-electron chi connectivity index (χ0n) is 12.7. The third-order valence-corrected chi connectivity index (χ3v) is 4.49. The molecule has 19 heavy (non-hydrogen) atoms. The first kappa shape index (κ1) is 14.6. The molecule has 1 fully saturated rings. The molecule has 108 valence electrons. The van der Waals surface area contributed by atoms with Crippen LogP contribution in [-0.4, -0.2) is 15.8 Å². The van der Waals surface area contributed by atoms with Gasteiger partial charge < -0.3 is 5.32 Å². The Hall–Kier alpha value is -0.830. The minimum absolute atomic E-state index is 0.559. The van der Waals surface area contributed by atoms with Crippen LogP contribution in [0.4, 0.5) is 0 Å². The highest BCUT2D eigenvalue weighted by atomic mass is 15.3. The maximum Gasteiger partial charge on any atom is 0.0762 e. The van der Waals surface area contributed by atoms with E-state index in [1.807, 2.05) is 0 Å². The molecule has 1 saturated carbocycles.